The molecule has 2 unspecified atom stereocenters. The number of aliphatic hydroxyl groups excluding tert-OH is 1. The van der Waals surface area contributed by atoms with E-state index in [1.54, 1.807) is 0 Å². The van der Waals surface area contributed by atoms with Gasteiger partial charge in [-0.3, -0.25) is 37.3 Å². The second-order valence-corrected chi connectivity index (χ2v) is 32.2. The van der Waals surface area contributed by atoms with Crippen LogP contribution in [-0.2, 0) is 65.4 Å². The van der Waals surface area contributed by atoms with Crippen LogP contribution in [0.4, 0.5) is 0 Å². The Morgan fingerprint density at radius 2 is 0.465 bits per heavy atom. The van der Waals surface area contributed by atoms with Crippen LogP contribution in [0.25, 0.3) is 0 Å². The molecule has 0 aromatic heterocycles. The fourth-order valence-electron chi connectivity index (χ4n) is 12.4. The van der Waals surface area contributed by atoms with E-state index < -0.39 is 97.5 Å². The van der Waals surface area contributed by atoms with Crippen LogP contribution in [0.15, 0.2) is 0 Å². The molecular weight excluding hydrogens is 1290 g/mol. The highest BCUT2D eigenvalue weighted by Crippen LogP contribution is 2.45. The Balaban J connectivity index is 5.20. The molecule has 0 amide bonds. The fourth-order valence-corrected chi connectivity index (χ4v) is 14.0. The first-order valence-corrected chi connectivity index (χ1v) is 44.6. The maximum absolute atomic E-state index is 13.1. The smallest absolute Gasteiger partial charge is 0.462 e. The molecule has 0 aromatic rings. The number of aliphatic hydroxyl groups is 1. The number of unbranched alkanes of at least 4 members (excludes halogenated alkanes) is 52. The van der Waals surface area contributed by atoms with E-state index in [4.69, 9.17) is 37.0 Å². The molecule has 0 spiro atoms. The molecule has 3 N–H and O–H groups in total. The van der Waals surface area contributed by atoms with Gasteiger partial charge in [0.25, 0.3) is 0 Å². The Labute approximate surface area is 607 Å². The van der Waals surface area contributed by atoms with Gasteiger partial charge in [-0.25, -0.2) is 9.13 Å². The van der Waals surface area contributed by atoms with Crippen molar-refractivity contribution >= 4 is 39.5 Å². The predicted molar refractivity (Wildman–Crippen MR) is 405 cm³/mol. The van der Waals surface area contributed by atoms with Gasteiger partial charge in [-0.1, -0.05) is 375 Å². The van der Waals surface area contributed by atoms with Crippen LogP contribution in [0.2, 0.25) is 0 Å². The van der Waals surface area contributed by atoms with Crippen molar-refractivity contribution in [1.82, 2.24) is 0 Å². The van der Waals surface area contributed by atoms with E-state index in [1.807, 2.05) is 0 Å². The Hall–Kier alpha value is -1.94. The molecule has 0 rings (SSSR count). The minimum Gasteiger partial charge on any atom is -0.462 e. The van der Waals surface area contributed by atoms with E-state index >= 15 is 0 Å². The van der Waals surface area contributed by atoms with Gasteiger partial charge in [0.15, 0.2) is 12.2 Å². The molecule has 588 valence electrons. The van der Waals surface area contributed by atoms with Gasteiger partial charge in [0.2, 0.25) is 0 Å². The molecule has 0 aliphatic heterocycles. The fraction of sp³-hybridized carbons (Fsp3) is 0.950. The Kier molecular flexibility index (Phi) is 71.6. The first-order valence-electron chi connectivity index (χ1n) is 41.6. The number of ether oxygens (including phenoxy) is 4. The third-order valence-corrected chi connectivity index (χ3v) is 20.7. The quantitative estimate of drug-likeness (QED) is 0.0222. The highest BCUT2D eigenvalue weighted by atomic mass is 31.2. The second kappa shape index (κ2) is 73.0. The van der Waals surface area contributed by atoms with Crippen LogP contribution >= 0.6 is 15.6 Å². The minimum absolute atomic E-state index is 0.108. The number of hydrogen-bond acceptors (Lipinski definition) is 15. The van der Waals surface area contributed by atoms with Crippen molar-refractivity contribution in [3.8, 4) is 0 Å². The molecule has 0 heterocycles. The van der Waals surface area contributed by atoms with Crippen LogP contribution in [-0.4, -0.2) is 96.7 Å². The number of esters is 4. The van der Waals surface area contributed by atoms with E-state index in [1.165, 1.54) is 250 Å². The molecular formula is C80H156O17P2. The van der Waals surface area contributed by atoms with Crippen molar-refractivity contribution in [3.05, 3.63) is 0 Å². The summed E-state index contributed by atoms with van der Waals surface area (Å²) in [6, 6.07) is 0. The topological polar surface area (TPSA) is 237 Å². The summed E-state index contributed by atoms with van der Waals surface area (Å²) in [4.78, 5) is 72.9. The molecule has 99 heavy (non-hydrogen) atoms. The zero-order valence-electron chi connectivity index (χ0n) is 64.6. The number of phosphoric ester groups is 2. The molecule has 0 radical (unpaired) electrons. The number of phosphoric acid groups is 2. The van der Waals surface area contributed by atoms with Crippen molar-refractivity contribution in [1.29, 1.82) is 0 Å². The first kappa shape index (κ1) is 97.1. The van der Waals surface area contributed by atoms with E-state index in [0.29, 0.717) is 25.7 Å². The van der Waals surface area contributed by atoms with Crippen molar-refractivity contribution in [2.45, 2.75) is 445 Å². The van der Waals surface area contributed by atoms with Gasteiger partial charge in [-0.05, 0) is 31.6 Å². The standard InChI is InChI=1S/C80H156O17P2/c1-6-9-12-15-18-21-23-25-27-29-30-32-38-42-46-51-56-61-66-80(85)97-76(70-91-78(83)64-59-54-49-44-40-36-34-33-35-39-43-47-52-57-62-73(4)5)72-95-99(88,89)93-68-74(81)67-92-98(86,87)94-71-75(69-90-77(82)63-58-53-48-20-17-14-11-8-3)96-79(84)65-60-55-50-45-41-37-31-28-26-24-22-19-16-13-10-7-2/h73-76,81H,6-72H2,1-5H3,(H,86,87)(H,88,89)/t74-,75+,76+/m0/s1. The zero-order valence-corrected chi connectivity index (χ0v) is 66.4. The van der Waals surface area contributed by atoms with Crippen LogP contribution in [0.5, 0.6) is 0 Å². The van der Waals surface area contributed by atoms with Gasteiger partial charge in [-0.15, -0.1) is 0 Å². The summed E-state index contributed by atoms with van der Waals surface area (Å²) in [6.45, 7) is 7.33. The van der Waals surface area contributed by atoms with Gasteiger partial charge >= 0.3 is 39.5 Å². The molecule has 0 saturated carbocycles. The molecule has 0 fully saturated rings. The van der Waals surface area contributed by atoms with Crippen LogP contribution in [0.3, 0.4) is 0 Å². The van der Waals surface area contributed by atoms with Crippen molar-refractivity contribution in [2.24, 2.45) is 5.92 Å². The maximum atomic E-state index is 13.1. The normalized spacial score (nSPS) is 13.9. The highest BCUT2D eigenvalue weighted by molar-refractivity contribution is 7.47. The third-order valence-electron chi connectivity index (χ3n) is 18.8. The number of carbonyl (C=O) groups excluding carboxylic acids is 4. The SMILES string of the molecule is CCCCCCCCCCCCCCCCCCCCC(=O)O[C@H](COC(=O)CCCCCCCCCCCCCCCCC(C)C)COP(=O)(O)OC[C@@H](O)COP(=O)(O)OC[C@@H](COC(=O)CCCCCCCCCC)OC(=O)CCCCCCCCCCCCCCCCCC. The summed E-state index contributed by atoms with van der Waals surface area (Å²) in [7, 11) is -9.91. The Bertz CT molecular complexity index is 1890. The Morgan fingerprint density at radius 3 is 0.687 bits per heavy atom. The lowest BCUT2D eigenvalue weighted by Gasteiger charge is -2.21. The highest BCUT2D eigenvalue weighted by Gasteiger charge is 2.30. The third kappa shape index (κ3) is 74.1. The van der Waals surface area contributed by atoms with E-state index in [2.05, 4.69) is 34.6 Å². The second-order valence-electron chi connectivity index (χ2n) is 29.3. The molecule has 19 heteroatoms. The molecule has 0 saturated heterocycles. The van der Waals surface area contributed by atoms with Gasteiger partial charge in [-0.2, -0.15) is 0 Å². The number of hydrogen-bond donors (Lipinski definition) is 3. The maximum Gasteiger partial charge on any atom is 0.472 e. The molecule has 17 nitrogen and oxygen atoms in total. The predicted octanol–water partition coefficient (Wildman–Crippen LogP) is 24.0. The lowest BCUT2D eigenvalue weighted by atomic mass is 10.0. The van der Waals surface area contributed by atoms with Crippen LogP contribution < -0.4 is 0 Å². The number of carbonyl (C=O) groups is 4. The molecule has 5 atom stereocenters. The van der Waals surface area contributed by atoms with Crippen molar-refractivity contribution < 1.29 is 80.2 Å². The van der Waals surface area contributed by atoms with E-state index in [9.17, 15) is 43.2 Å². The summed E-state index contributed by atoms with van der Waals surface area (Å²) < 4.78 is 68.6. The summed E-state index contributed by atoms with van der Waals surface area (Å²) in [5, 5.41) is 10.6. The van der Waals surface area contributed by atoms with Gasteiger partial charge in [0.1, 0.15) is 19.3 Å². The summed E-state index contributed by atoms with van der Waals surface area (Å²) in [6.07, 6.45) is 63.8. The van der Waals surface area contributed by atoms with Gasteiger partial charge in [0.05, 0.1) is 26.4 Å². The Morgan fingerprint density at radius 1 is 0.273 bits per heavy atom. The summed E-state index contributed by atoms with van der Waals surface area (Å²) in [5.41, 5.74) is 0. The largest absolute Gasteiger partial charge is 0.472 e. The molecule has 0 aromatic carbocycles. The summed E-state index contributed by atoms with van der Waals surface area (Å²) >= 11 is 0. The molecule has 0 aliphatic carbocycles. The average Bonchev–Trinajstić information content (AvgIpc) is 1.18. The minimum atomic E-state index is -4.96. The first-order chi connectivity index (χ1) is 48.0. The number of rotatable bonds is 80. The summed E-state index contributed by atoms with van der Waals surface area (Å²) in [5.74, 6) is -1.31. The van der Waals surface area contributed by atoms with Crippen LogP contribution in [0, 0.1) is 5.92 Å². The lowest BCUT2D eigenvalue weighted by Crippen LogP contribution is -2.30. The van der Waals surface area contributed by atoms with Gasteiger partial charge in [0, 0.05) is 25.7 Å². The zero-order chi connectivity index (χ0) is 72.7. The lowest BCUT2D eigenvalue weighted by molar-refractivity contribution is -0.161. The van der Waals surface area contributed by atoms with Gasteiger partial charge < -0.3 is 33.8 Å². The van der Waals surface area contributed by atoms with E-state index in [-0.39, 0.29) is 25.7 Å². The molecule has 0 aliphatic rings. The molecule has 0 bridgehead atoms. The van der Waals surface area contributed by atoms with E-state index in [0.717, 1.165) is 95.8 Å². The average molecular weight is 1450 g/mol. The van der Waals surface area contributed by atoms with Crippen LogP contribution in [0.1, 0.15) is 426 Å². The van der Waals surface area contributed by atoms with Crippen molar-refractivity contribution in [3.63, 3.8) is 0 Å². The monoisotopic (exact) mass is 1450 g/mol. The van der Waals surface area contributed by atoms with Crippen molar-refractivity contribution in [2.75, 3.05) is 39.6 Å².